The predicted molar refractivity (Wildman–Crippen MR) is 107 cm³/mol. The summed E-state index contributed by atoms with van der Waals surface area (Å²) in [4.78, 5) is 38.9. The van der Waals surface area contributed by atoms with Gasteiger partial charge in [0.1, 0.15) is 11.3 Å². The first kappa shape index (κ1) is 18.2. The van der Waals surface area contributed by atoms with Crippen molar-refractivity contribution in [1.29, 1.82) is 0 Å². The standard InChI is InChI=1S/C23H15NO5/c25-18-12-11-16(13-17(18)23(28)29)24-21(26)19(14-7-3-1-4-8-14)20(22(24)27)15-9-5-2-6-10-15/h1-13,25H,(H,28,29). The number of phenols is 1. The molecule has 1 aliphatic rings. The summed E-state index contributed by atoms with van der Waals surface area (Å²) in [5, 5.41) is 19.0. The lowest BCUT2D eigenvalue weighted by Gasteiger charge is -2.16. The van der Waals surface area contributed by atoms with Crippen LogP contribution in [0.1, 0.15) is 21.5 Å². The van der Waals surface area contributed by atoms with E-state index in [-0.39, 0.29) is 16.8 Å². The molecule has 3 aromatic carbocycles. The summed E-state index contributed by atoms with van der Waals surface area (Å²) in [5.41, 5.74) is 1.35. The molecule has 1 aliphatic heterocycles. The van der Waals surface area contributed by atoms with Crippen LogP contribution in [0.2, 0.25) is 0 Å². The topological polar surface area (TPSA) is 94.9 Å². The molecule has 142 valence electrons. The number of amides is 2. The average molecular weight is 385 g/mol. The molecule has 0 saturated carbocycles. The van der Waals surface area contributed by atoms with Crippen molar-refractivity contribution in [3.05, 3.63) is 95.6 Å². The summed E-state index contributed by atoms with van der Waals surface area (Å²) in [5.74, 6) is -2.91. The van der Waals surface area contributed by atoms with Crippen LogP contribution in [0.25, 0.3) is 11.1 Å². The van der Waals surface area contributed by atoms with Crippen LogP contribution in [-0.4, -0.2) is 28.0 Å². The number of carboxylic acids is 1. The number of nitrogens with zero attached hydrogens (tertiary/aromatic N) is 1. The highest BCUT2D eigenvalue weighted by atomic mass is 16.4. The van der Waals surface area contributed by atoms with Gasteiger partial charge in [0.25, 0.3) is 11.8 Å². The van der Waals surface area contributed by atoms with Crippen LogP contribution in [0.4, 0.5) is 5.69 Å². The first-order chi connectivity index (χ1) is 14.0. The van der Waals surface area contributed by atoms with Crippen LogP contribution in [0.15, 0.2) is 78.9 Å². The molecule has 1 heterocycles. The molecule has 0 unspecified atom stereocenters. The number of benzene rings is 3. The third-order valence-corrected chi connectivity index (χ3v) is 4.68. The van der Waals surface area contributed by atoms with Gasteiger partial charge in [0.05, 0.1) is 16.8 Å². The minimum Gasteiger partial charge on any atom is -0.507 e. The first-order valence-corrected chi connectivity index (χ1v) is 8.79. The SMILES string of the molecule is O=C(O)c1cc(N2C(=O)C(c3ccccc3)=C(c3ccccc3)C2=O)ccc1O. The Hall–Kier alpha value is -4.19. The van der Waals surface area contributed by atoms with Crippen molar-refractivity contribution in [2.75, 3.05) is 4.90 Å². The molecule has 0 saturated heterocycles. The van der Waals surface area contributed by atoms with Gasteiger partial charge in [-0.25, -0.2) is 9.69 Å². The summed E-state index contributed by atoms with van der Waals surface area (Å²) in [7, 11) is 0. The van der Waals surface area contributed by atoms with Gasteiger partial charge in [-0.3, -0.25) is 9.59 Å². The largest absolute Gasteiger partial charge is 0.507 e. The Morgan fingerprint density at radius 2 is 1.21 bits per heavy atom. The van der Waals surface area contributed by atoms with E-state index in [0.29, 0.717) is 11.1 Å². The number of aromatic carboxylic acids is 1. The van der Waals surface area contributed by atoms with E-state index in [2.05, 4.69) is 0 Å². The van der Waals surface area contributed by atoms with Crippen molar-refractivity contribution in [2.24, 2.45) is 0 Å². The number of carbonyl (C=O) groups excluding carboxylic acids is 2. The molecule has 2 amide bonds. The van der Waals surface area contributed by atoms with Crippen LogP contribution < -0.4 is 4.90 Å². The second-order valence-electron chi connectivity index (χ2n) is 6.43. The van der Waals surface area contributed by atoms with Gasteiger partial charge >= 0.3 is 5.97 Å². The van der Waals surface area contributed by atoms with E-state index >= 15 is 0 Å². The lowest BCUT2D eigenvalue weighted by atomic mass is 9.96. The van der Waals surface area contributed by atoms with E-state index in [1.807, 2.05) is 12.1 Å². The molecule has 0 fully saturated rings. The molecule has 0 aliphatic carbocycles. The minimum absolute atomic E-state index is 0.0783. The molecule has 0 atom stereocenters. The van der Waals surface area contributed by atoms with Gasteiger partial charge in [0, 0.05) is 0 Å². The van der Waals surface area contributed by atoms with E-state index in [0.717, 1.165) is 17.0 Å². The zero-order chi connectivity index (χ0) is 20.5. The highest BCUT2D eigenvalue weighted by Crippen LogP contribution is 2.38. The zero-order valence-electron chi connectivity index (χ0n) is 15.1. The molecule has 0 spiro atoms. The van der Waals surface area contributed by atoms with Gasteiger partial charge in [0.15, 0.2) is 0 Å². The maximum Gasteiger partial charge on any atom is 0.339 e. The second-order valence-corrected chi connectivity index (χ2v) is 6.43. The van der Waals surface area contributed by atoms with Crippen LogP contribution in [0.5, 0.6) is 5.75 Å². The Balaban J connectivity index is 1.90. The van der Waals surface area contributed by atoms with Crippen molar-refractivity contribution >= 4 is 34.6 Å². The smallest absolute Gasteiger partial charge is 0.339 e. The molecule has 3 aromatic rings. The van der Waals surface area contributed by atoms with Crippen LogP contribution in [-0.2, 0) is 9.59 Å². The van der Waals surface area contributed by atoms with Gasteiger partial charge in [0.2, 0.25) is 0 Å². The quantitative estimate of drug-likeness (QED) is 0.670. The zero-order valence-corrected chi connectivity index (χ0v) is 15.1. The van der Waals surface area contributed by atoms with Gasteiger partial charge in [-0.15, -0.1) is 0 Å². The lowest BCUT2D eigenvalue weighted by molar-refractivity contribution is -0.119. The van der Waals surface area contributed by atoms with Gasteiger partial charge in [-0.05, 0) is 29.3 Å². The van der Waals surface area contributed by atoms with Crippen molar-refractivity contribution in [2.45, 2.75) is 0 Å². The minimum atomic E-state index is -1.36. The van der Waals surface area contributed by atoms with Crippen molar-refractivity contribution in [1.82, 2.24) is 0 Å². The normalized spacial score (nSPS) is 13.9. The van der Waals surface area contributed by atoms with Crippen molar-refractivity contribution < 1.29 is 24.6 Å². The predicted octanol–water partition coefficient (Wildman–Crippen LogP) is 3.57. The Bertz CT molecular complexity index is 1100. The summed E-state index contributed by atoms with van der Waals surface area (Å²) < 4.78 is 0. The van der Waals surface area contributed by atoms with E-state index in [4.69, 9.17) is 0 Å². The number of anilines is 1. The molecule has 0 aromatic heterocycles. The lowest BCUT2D eigenvalue weighted by Crippen LogP contribution is -2.31. The molecular weight excluding hydrogens is 370 g/mol. The Kier molecular flexibility index (Phi) is 4.44. The highest BCUT2D eigenvalue weighted by molar-refractivity contribution is 6.57. The summed E-state index contributed by atoms with van der Waals surface area (Å²) in [6.45, 7) is 0. The van der Waals surface area contributed by atoms with Crippen molar-refractivity contribution in [3.8, 4) is 5.75 Å². The monoisotopic (exact) mass is 385 g/mol. The van der Waals surface area contributed by atoms with Crippen LogP contribution in [0.3, 0.4) is 0 Å². The molecule has 29 heavy (non-hydrogen) atoms. The number of rotatable bonds is 4. The second kappa shape index (κ2) is 7.09. The molecule has 0 radical (unpaired) electrons. The number of imide groups is 1. The molecule has 6 nitrogen and oxygen atoms in total. The number of carbonyl (C=O) groups is 3. The maximum absolute atomic E-state index is 13.3. The maximum atomic E-state index is 13.3. The fourth-order valence-electron chi connectivity index (χ4n) is 3.34. The van der Waals surface area contributed by atoms with E-state index in [9.17, 15) is 24.6 Å². The van der Waals surface area contributed by atoms with Gasteiger partial charge in [-0.1, -0.05) is 60.7 Å². The van der Waals surface area contributed by atoms with E-state index in [1.165, 1.54) is 6.07 Å². The fourth-order valence-corrected chi connectivity index (χ4v) is 3.34. The Morgan fingerprint density at radius 1 is 0.724 bits per heavy atom. The summed E-state index contributed by atoms with van der Waals surface area (Å²) >= 11 is 0. The average Bonchev–Trinajstić information content (AvgIpc) is 3.00. The van der Waals surface area contributed by atoms with E-state index in [1.54, 1.807) is 48.5 Å². The highest BCUT2D eigenvalue weighted by Gasteiger charge is 2.40. The van der Waals surface area contributed by atoms with Gasteiger partial charge < -0.3 is 10.2 Å². The summed E-state index contributed by atoms with van der Waals surface area (Å²) in [6.07, 6.45) is 0. The number of hydrogen-bond donors (Lipinski definition) is 2. The number of carboxylic acid groups (broad SMARTS) is 1. The molecule has 4 rings (SSSR count). The van der Waals surface area contributed by atoms with Crippen molar-refractivity contribution in [3.63, 3.8) is 0 Å². The van der Waals surface area contributed by atoms with Crippen LogP contribution in [0, 0.1) is 0 Å². The summed E-state index contributed by atoms with van der Waals surface area (Å²) in [6, 6.07) is 21.3. The van der Waals surface area contributed by atoms with Crippen LogP contribution >= 0.6 is 0 Å². The molecule has 2 N–H and O–H groups in total. The number of aromatic hydroxyl groups is 1. The molecule has 0 bridgehead atoms. The molecule has 6 heteroatoms. The number of hydrogen-bond acceptors (Lipinski definition) is 4. The Morgan fingerprint density at radius 3 is 1.66 bits per heavy atom. The molecular formula is C23H15NO5. The van der Waals surface area contributed by atoms with Gasteiger partial charge in [-0.2, -0.15) is 0 Å². The fraction of sp³-hybridized carbons (Fsp3) is 0. The third kappa shape index (κ3) is 3.06. The third-order valence-electron chi connectivity index (χ3n) is 4.68. The Labute approximate surface area is 166 Å². The first-order valence-electron chi connectivity index (χ1n) is 8.79. The van der Waals surface area contributed by atoms with E-state index < -0.39 is 29.1 Å².